The van der Waals surface area contributed by atoms with Gasteiger partial charge in [0.25, 0.3) is 0 Å². The quantitative estimate of drug-likeness (QED) is 0.806. The summed E-state index contributed by atoms with van der Waals surface area (Å²) >= 11 is 1.33. The third kappa shape index (κ3) is 2.63. The molecule has 1 fully saturated rings. The van der Waals surface area contributed by atoms with E-state index in [2.05, 4.69) is 14.6 Å². The van der Waals surface area contributed by atoms with Crippen molar-refractivity contribution in [3.05, 3.63) is 11.1 Å². The highest BCUT2D eigenvalue weighted by Gasteiger charge is 2.28. The van der Waals surface area contributed by atoms with Gasteiger partial charge in [0.2, 0.25) is 0 Å². The molecule has 2 rings (SSSR count). The maximum Gasteiger partial charge on any atom is 0.349 e. The van der Waals surface area contributed by atoms with E-state index in [0.29, 0.717) is 11.4 Å². The van der Waals surface area contributed by atoms with Crippen LogP contribution in [0.1, 0.15) is 16.1 Å². The fraction of sp³-hybridized carbons (Fsp3) is 0.636. The van der Waals surface area contributed by atoms with Crippen LogP contribution in [0.25, 0.3) is 0 Å². The molecule has 0 saturated carbocycles. The van der Waals surface area contributed by atoms with E-state index < -0.39 is 0 Å². The number of carbonyl (C=O) groups is 1. The van der Waals surface area contributed by atoms with E-state index >= 15 is 0 Å². The molecule has 1 aromatic rings. The molecule has 6 nitrogen and oxygen atoms in total. The SMILES string of the molecule is COC(=O)c1cnc(N2CC[C@@H](N)[C@H](OC)C2)s1. The Morgan fingerprint density at radius 3 is 3.06 bits per heavy atom. The van der Waals surface area contributed by atoms with Crippen LogP contribution in [0.3, 0.4) is 0 Å². The largest absolute Gasteiger partial charge is 0.465 e. The van der Waals surface area contributed by atoms with E-state index in [9.17, 15) is 4.79 Å². The van der Waals surface area contributed by atoms with E-state index in [1.807, 2.05) is 0 Å². The molecule has 0 aromatic carbocycles. The monoisotopic (exact) mass is 271 g/mol. The molecule has 2 heterocycles. The molecule has 0 bridgehead atoms. The average Bonchev–Trinajstić information content (AvgIpc) is 2.88. The number of methoxy groups -OCH3 is 2. The molecule has 2 N–H and O–H groups in total. The minimum Gasteiger partial charge on any atom is -0.465 e. The van der Waals surface area contributed by atoms with Gasteiger partial charge in [0.05, 0.1) is 19.4 Å². The summed E-state index contributed by atoms with van der Waals surface area (Å²) in [6.07, 6.45) is 2.40. The first-order chi connectivity index (χ1) is 8.65. The second-order valence-corrected chi connectivity index (χ2v) is 5.18. The van der Waals surface area contributed by atoms with E-state index in [-0.39, 0.29) is 18.1 Å². The van der Waals surface area contributed by atoms with Crippen LogP contribution in [0.4, 0.5) is 5.13 Å². The first-order valence-corrected chi connectivity index (χ1v) is 6.54. The van der Waals surface area contributed by atoms with Crippen LogP contribution >= 0.6 is 11.3 Å². The lowest BCUT2D eigenvalue weighted by Gasteiger charge is -2.35. The highest BCUT2D eigenvalue weighted by atomic mass is 32.1. The van der Waals surface area contributed by atoms with Crippen molar-refractivity contribution in [3.8, 4) is 0 Å². The van der Waals surface area contributed by atoms with Gasteiger partial charge in [-0.25, -0.2) is 9.78 Å². The maximum atomic E-state index is 11.4. The summed E-state index contributed by atoms with van der Waals surface area (Å²) in [6, 6.07) is 0.0614. The van der Waals surface area contributed by atoms with Crippen LogP contribution in [0.2, 0.25) is 0 Å². The van der Waals surface area contributed by atoms with Crippen molar-refractivity contribution < 1.29 is 14.3 Å². The van der Waals surface area contributed by atoms with Gasteiger partial charge in [0.15, 0.2) is 5.13 Å². The van der Waals surface area contributed by atoms with Crippen molar-refractivity contribution in [1.82, 2.24) is 4.98 Å². The lowest BCUT2D eigenvalue weighted by Crippen LogP contribution is -2.51. The van der Waals surface area contributed by atoms with Gasteiger partial charge >= 0.3 is 5.97 Å². The van der Waals surface area contributed by atoms with E-state index in [1.54, 1.807) is 13.3 Å². The van der Waals surface area contributed by atoms with Gasteiger partial charge in [-0.15, -0.1) is 0 Å². The summed E-state index contributed by atoms with van der Waals surface area (Å²) in [7, 11) is 3.03. The number of rotatable bonds is 3. The molecule has 0 spiro atoms. The fourth-order valence-corrected chi connectivity index (χ4v) is 2.83. The zero-order chi connectivity index (χ0) is 13.1. The van der Waals surface area contributed by atoms with Crippen molar-refractivity contribution in [2.45, 2.75) is 18.6 Å². The van der Waals surface area contributed by atoms with Crippen molar-refractivity contribution >= 4 is 22.4 Å². The summed E-state index contributed by atoms with van der Waals surface area (Å²) in [5.74, 6) is -0.351. The normalized spacial score (nSPS) is 24.1. The molecule has 0 amide bonds. The summed E-state index contributed by atoms with van der Waals surface area (Å²) < 4.78 is 10.0. The Morgan fingerprint density at radius 2 is 2.39 bits per heavy atom. The lowest BCUT2D eigenvalue weighted by molar-refractivity contribution is 0.0606. The van der Waals surface area contributed by atoms with Crippen LogP contribution in [-0.4, -0.2) is 50.4 Å². The highest BCUT2D eigenvalue weighted by molar-refractivity contribution is 7.17. The fourth-order valence-electron chi connectivity index (χ4n) is 1.96. The van der Waals surface area contributed by atoms with Crippen molar-refractivity contribution in [1.29, 1.82) is 0 Å². The number of ether oxygens (including phenoxy) is 2. The Bertz CT molecular complexity index is 423. The Hall–Kier alpha value is -1.18. The molecule has 0 aliphatic carbocycles. The summed E-state index contributed by atoms with van der Waals surface area (Å²) in [5.41, 5.74) is 5.96. The number of esters is 1. The predicted molar refractivity (Wildman–Crippen MR) is 69.1 cm³/mol. The predicted octanol–water partition coefficient (Wildman–Crippen LogP) is 0.482. The van der Waals surface area contributed by atoms with E-state index in [4.69, 9.17) is 10.5 Å². The third-order valence-electron chi connectivity index (χ3n) is 3.06. The highest BCUT2D eigenvalue weighted by Crippen LogP contribution is 2.26. The topological polar surface area (TPSA) is 77.7 Å². The van der Waals surface area contributed by atoms with Crippen LogP contribution in [0, 0.1) is 0 Å². The van der Waals surface area contributed by atoms with Gasteiger partial charge in [-0.2, -0.15) is 0 Å². The molecule has 18 heavy (non-hydrogen) atoms. The number of aromatic nitrogens is 1. The Balaban J connectivity index is 2.07. The average molecular weight is 271 g/mol. The number of thiazole rings is 1. The molecule has 1 saturated heterocycles. The molecule has 2 atom stereocenters. The van der Waals surface area contributed by atoms with Crippen LogP contribution in [0.5, 0.6) is 0 Å². The first kappa shape index (κ1) is 13.3. The number of carbonyl (C=O) groups excluding carboxylic acids is 1. The Kier molecular flexibility index (Phi) is 4.15. The molecule has 0 unspecified atom stereocenters. The summed E-state index contributed by atoms with van der Waals surface area (Å²) in [4.78, 5) is 18.2. The number of hydrogen-bond acceptors (Lipinski definition) is 7. The van der Waals surface area contributed by atoms with Crippen molar-refractivity contribution in [3.63, 3.8) is 0 Å². The Morgan fingerprint density at radius 1 is 1.61 bits per heavy atom. The van der Waals surface area contributed by atoms with Gasteiger partial charge in [-0.1, -0.05) is 11.3 Å². The van der Waals surface area contributed by atoms with E-state index in [0.717, 1.165) is 18.1 Å². The molecule has 7 heteroatoms. The third-order valence-corrected chi connectivity index (χ3v) is 4.10. The first-order valence-electron chi connectivity index (χ1n) is 5.73. The van der Waals surface area contributed by atoms with Gasteiger partial charge in [-0.3, -0.25) is 0 Å². The second kappa shape index (κ2) is 5.64. The van der Waals surface area contributed by atoms with Crippen molar-refractivity contribution in [2.24, 2.45) is 5.73 Å². The maximum absolute atomic E-state index is 11.4. The Labute approximate surface area is 110 Å². The number of piperidine rings is 1. The minimum absolute atomic E-state index is 0.00391. The smallest absolute Gasteiger partial charge is 0.349 e. The van der Waals surface area contributed by atoms with Gasteiger partial charge in [0.1, 0.15) is 4.88 Å². The zero-order valence-corrected chi connectivity index (χ0v) is 11.3. The van der Waals surface area contributed by atoms with Gasteiger partial charge < -0.3 is 20.1 Å². The van der Waals surface area contributed by atoms with Gasteiger partial charge in [0, 0.05) is 26.2 Å². The van der Waals surface area contributed by atoms with Crippen LogP contribution < -0.4 is 10.6 Å². The molecular weight excluding hydrogens is 254 g/mol. The van der Waals surface area contributed by atoms with Crippen LogP contribution in [-0.2, 0) is 9.47 Å². The zero-order valence-electron chi connectivity index (χ0n) is 10.5. The molecule has 1 aromatic heterocycles. The van der Waals surface area contributed by atoms with Gasteiger partial charge in [-0.05, 0) is 6.42 Å². The number of nitrogens with two attached hydrogens (primary N) is 1. The number of hydrogen-bond donors (Lipinski definition) is 1. The molecular formula is C11H17N3O3S. The van der Waals surface area contributed by atoms with E-state index in [1.165, 1.54) is 18.4 Å². The molecule has 0 radical (unpaired) electrons. The second-order valence-electron chi connectivity index (χ2n) is 4.17. The lowest BCUT2D eigenvalue weighted by atomic mass is 10.0. The van der Waals surface area contributed by atoms with Crippen molar-refractivity contribution in [2.75, 3.05) is 32.2 Å². The molecule has 1 aliphatic rings. The minimum atomic E-state index is -0.351. The summed E-state index contributed by atoms with van der Waals surface area (Å²) in [5, 5.41) is 0.810. The summed E-state index contributed by atoms with van der Waals surface area (Å²) in [6.45, 7) is 1.53. The molecule has 1 aliphatic heterocycles. The van der Waals surface area contributed by atoms with Crippen LogP contribution in [0.15, 0.2) is 6.20 Å². The molecule has 100 valence electrons. The number of nitrogens with zero attached hydrogens (tertiary/aromatic N) is 2. The number of anilines is 1. The standard InChI is InChI=1S/C11H17N3O3S/c1-16-8-6-14(4-3-7(8)12)11-13-5-9(18-11)10(15)17-2/h5,7-8H,3-4,6,12H2,1-2H3/t7-,8-/m1/s1.